The summed E-state index contributed by atoms with van der Waals surface area (Å²) in [6, 6.07) is 0. The van der Waals surface area contributed by atoms with Crippen LogP contribution in [0.1, 0.15) is 12.8 Å². The molecule has 1 atom stereocenters. The summed E-state index contributed by atoms with van der Waals surface area (Å²) < 4.78 is 0.212. The molecular formula is C5H6O2Sr. The molecule has 0 N–H and O–H groups in total. The van der Waals surface area contributed by atoms with E-state index in [1.165, 1.54) is 0 Å². The van der Waals surface area contributed by atoms with Crippen LogP contribution in [0.15, 0.2) is 0 Å². The molecule has 0 aromatic heterocycles. The third kappa shape index (κ3) is 1.41. The van der Waals surface area contributed by atoms with E-state index in [9.17, 15) is 9.59 Å². The quantitative estimate of drug-likeness (QED) is 0.381. The molecule has 1 fully saturated rings. The van der Waals surface area contributed by atoms with Crippen LogP contribution in [0.2, 0.25) is 0.889 Å². The number of ketones is 2. The van der Waals surface area contributed by atoms with Crippen molar-refractivity contribution in [3.63, 3.8) is 0 Å². The molecule has 0 radical (unpaired) electrons. The van der Waals surface area contributed by atoms with Gasteiger partial charge in [0.15, 0.2) is 0 Å². The van der Waals surface area contributed by atoms with E-state index in [1.807, 2.05) is 0 Å². The summed E-state index contributed by atoms with van der Waals surface area (Å²) in [5.74, 6) is 0.352. The summed E-state index contributed by atoms with van der Waals surface area (Å²) in [6.45, 7) is 0. The summed E-state index contributed by atoms with van der Waals surface area (Å²) in [6.07, 6.45) is 0.799. The van der Waals surface area contributed by atoms with Gasteiger partial charge in [0.1, 0.15) is 0 Å². The fourth-order valence-corrected chi connectivity index (χ4v) is 2.52. The van der Waals surface area contributed by atoms with Gasteiger partial charge < -0.3 is 0 Å². The van der Waals surface area contributed by atoms with Gasteiger partial charge in [-0.25, -0.2) is 0 Å². The number of carbonyl (C=O) groups excluding carboxylic acids is 2. The van der Waals surface area contributed by atoms with Crippen molar-refractivity contribution < 1.29 is 9.59 Å². The molecule has 1 aliphatic carbocycles. The van der Waals surface area contributed by atoms with Gasteiger partial charge >= 0.3 is 78.1 Å². The Morgan fingerprint density at radius 3 is 2.25 bits per heavy atom. The molecule has 0 aliphatic heterocycles. The Morgan fingerprint density at radius 1 is 1.50 bits per heavy atom. The van der Waals surface area contributed by atoms with Crippen molar-refractivity contribution in [3.05, 3.63) is 0 Å². The minimum absolute atomic E-state index is 0.152. The van der Waals surface area contributed by atoms with Crippen molar-refractivity contribution in [2.24, 2.45) is 0 Å². The minimum atomic E-state index is 0.152. The molecule has 0 saturated heterocycles. The molecule has 3 heteroatoms. The van der Waals surface area contributed by atoms with Crippen LogP contribution < -0.4 is 0 Å². The van der Waals surface area contributed by atoms with Crippen molar-refractivity contribution in [3.8, 4) is 0 Å². The first-order chi connectivity index (χ1) is 3.70. The SMILES string of the molecule is O=C1CC(=O)[CH]([SrH])C1. The van der Waals surface area contributed by atoms with Crippen LogP contribution >= 0.6 is 0 Å². The van der Waals surface area contributed by atoms with E-state index in [-0.39, 0.29) is 18.9 Å². The van der Waals surface area contributed by atoms with Gasteiger partial charge in [0.25, 0.3) is 0 Å². The summed E-state index contributed by atoms with van der Waals surface area (Å²) >= 11 is 0.371. The van der Waals surface area contributed by atoms with Crippen LogP contribution in [0.5, 0.6) is 0 Å². The molecular weight excluding hydrogens is 180 g/mol. The van der Waals surface area contributed by atoms with Gasteiger partial charge in [-0.3, -0.25) is 0 Å². The normalized spacial score (nSPS) is 29.1. The molecule has 1 unspecified atom stereocenters. The van der Waals surface area contributed by atoms with Crippen molar-refractivity contribution >= 4 is 54.8 Å². The van der Waals surface area contributed by atoms with Crippen LogP contribution in [0.3, 0.4) is 0 Å². The molecule has 40 valence electrons. The van der Waals surface area contributed by atoms with E-state index in [0.717, 1.165) is 0 Å². The molecule has 0 heterocycles. The average molecular weight is 186 g/mol. The standard InChI is InChI=1S/C5H5O2.Sr.H/c6-4-1-2-5(7)3-4;;/h1H,2-3H2;;. The zero-order chi connectivity index (χ0) is 6.15. The maximum atomic E-state index is 10.6. The molecule has 0 spiro atoms. The number of hydrogen-bond donors (Lipinski definition) is 0. The summed E-state index contributed by atoms with van der Waals surface area (Å²) in [5.41, 5.74) is 0. The number of hydrogen-bond acceptors (Lipinski definition) is 2. The van der Waals surface area contributed by atoms with Crippen LogP contribution in [0.4, 0.5) is 0 Å². The first-order valence-electron chi connectivity index (χ1n) is 2.74. The molecule has 8 heavy (non-hydrogen) atoms. The second-order valence-electron chi connectivity index (χ2n) is 2.29. The van der Waals surface area contributed by atoms with Crippen molar-refractivity contribution in [2.45, 2.75) is 13.7 Å². The summed E-state index contributed by atoms with van der Waals surface area (Å²) in [7, 11) is 0. The molecule has 1 saturated carbocycles. The Balaban J connectivity index is 2.64. The molecule has 0 bridgehead atoms. The third-order valence-electron chi connectivity index (χ3n) is 1.45. The van der Waals surface area contributed by atoms with Crippen LogP contribution in [-0.4, -0.2) is 54.8 Å². The van der Waals surface area contributed by atoms with Gasteiger partial charge in [-0.15, -0.1) is 0 Å². The Morgan fingerprint density at radius 2 is 2.12 bits per heavy atom. The zero-order valence-corrected chi connectivity index (χ0v) is 9.72. The fourth-order valence-electron chi connectivity index (χ4n) is 0.896. The predicted octanol–water partition coefficient (Wildman–Crippen LogP) is -0.392. The van der Waals surface area contributed by atoms with E-state index in [4.69, 9.17) is 0 Å². The van der Waals surface area contributed by atoms with E-state index < -0.39 is 0 Å². The Labute approximate surface area is 77.1 Å². The van der Waals surface area contributed by atoms with Gasteiger partial charge in [-0.05, 0) is 0 Å². The summed E-state index contributed by atoms with van der Waals surface area (Å²) in [5, 5.41) is 0. The fraction of sp³-hybridized carbons (Fsp3) is 0.600. The second kappa shape index (κ2) is 2.60. The monoisotopic (exact) mass is 186 g/mol. The van der Waals surface area contributed by atoms with Gasteiger partial charge in [0.2, 0.25) is 0 Å². The maximum absolute atomic E-state index is 10.6. The molecule has 2 nitrogen and oxygen atoms in total. The second-order valence-corrected chi connectivity index (χ2v) is 5.71. The van der Waals surface area contributed by atoms with E-state index >= 15 is 0 Å². The number of Topliss-reactive ketones (excluding diaryl/α,β-unsaturated/α-hetero) is 2. The van der Waals surface area contributed by atoms with Gasteiger partial charge in [-0.2, -0.15) is 0 Å². The number of rotatable bonds is 0. The van der Waals surface area contributed by atoms with Crippen LogP contribution in [0, 0.1) is 0 Å². The van der Waals surface area contributed by atoms with Gasteiger partial charge in [0, 0.05) is 0 Å². The molecule has 0 aromatic rings. The van der Waals surface area contributed by atoms with E-state index in [1.54, 1.807) is 0 Å². The Kier molecular flexibility index (Phi) is 2.26. The third-order valence-corrected chi connectivity index (χ3v) is 4.04. The Hall–Kier alpha value is 0.821. The van der Waals surface area contributed by atoms with Crippen molar-refractivity contribution in [2.75, 3.05) is 0 Å². The Bertz CT molecular complexity index is 141. The molecule has 1 aliphatic rings. The molecule has 0 amide bonds. The average Bonchev–Trinajstić information content (AvgIpc) is 1.85. The van der Waals surface area contributed by atoms with E-state index in [2.05, 4.69) is 0 Å². The molecule has 0 aromatic carbocycles. The first kappa shape index (κ1) is 6.93. The van der Waals surface area contributed by atoms with Gasteiger partial charge in [0.05, 0.1) is 0 Å². The molecule has 1 rings (SSSR count). The first-order valence-corrected chi connectivity index (χ1v) is 5.58. The predicted molar refractivity (Wildman–Crippen MR) is 30.1 cm³/mol. The van der Waals surface area contributed by atoms with Crippen LogP contribution in [-0.2, 0) is 9.59 Å². The van der Waals surface area contributed by atoms with Gasteiger partial charge in [-0.1, -0.05) is 0 Å². The van der Waals surface area contributed by atoms with Crippen molar-refractivity contribution in [1.29, 1.82) is 0 Å². The summed E-state index contributed by atoms with van der Waals surface area (Å²) in [4.78, 5) is 21.1. The van der Waals surface area contributed by atoms with Crippen molar-refractivity contribution in [1.82, 2.24) is 0 Å². The zero-order valence-electron chi connectivity index (χ0n) is 4.81. The van der Waals surface area contributed by atoms with Crippen LogP contribution in [0.25, 0.3) is 0 Å². The van der Waals surface area contributed by atoms with E-state index in [0.29, 0.717) is 49.7 Å². The number of carbonyl (C=O) groups is 2. The topological polar surface area (TPSA) is 34.1 Å².